The first-order valence-electron chi connectivity index (χ1n) is 8.97. The van der Waals surface area contributed by atoms with Gasteiger partial charge in [-0.1, -0.05) is 18.2 Å². The molecule has 6 heteroatoms. The van der Waals surface area contributed by atoms with Gasteiger partial charge in [0.05, 0.1) is 6.04 Å². The summed E-state index contributed by atoms with van der Waals surface area (Å²) >= 11 is 0. The zero-order chi connectivity index (χ0) is 18.0. The third kappa shape index (κ3) is 4.00. The second-order valence-corrected chi connectivity index (χ2v) is 7.12. The summed E-state index contributed by atoms with van der Waals surface area (Å²) in [6.45, 7) is 7.61. The fourth-order valence-corrected chi connectivity index (χ4v) is 3.69. The lowest BCUT2D eigenvalue weighted by Crippen LogP contribution is -2.59. The highest BCUT2D eigenvalue weighted by molar-refractivity contribution is 5.82. The minimum absolute atomic E-state index is 0.0684. The number of likely N-dealkylation sites (tertiary alicyclic amines) is 1. The van der Waals surface area contributed by atoms with E-state index >= 15 is 0 Å². The number of rotatable bonds is 4. The maximum absolute atomic E-state index is 13.7. The molecule has 2 aliphatic heterocycles. The van der Waals surface area contributed by atoms with Crippen molar-refractivity contribution in [2.75, 3.05) is 39.3 Å². The van der Waals surface area contributed by atoms with Gasteiger partial charge in [-0.05, 0) is 30.9 Å². The Morgan fingerprint density at radius 3 is 2.32 bits per heavy atom. The molecule has 0 radical (unpaired) electrons. The van der Waals surface area contributed by atoms with Gasteiger partial charge in [0.25, 0.3) is 0 Å². The Kier molecular flexibility index (Phi) is 5.37. The first-order valence-corrected chi connectivity index (χ1v) is 8.97. The molecule has 1 atom stereocenters. The van der Waals surface area contributed by atoms with Crippen LogP contribution in [0.25, 0.3) is 0 Å². The molecule has 25 heavy (non-hydrogen) atoms. The summed E-state index contributed by atoms with van der Waals surface area (Å²) in [5, 5.41) is 0. The van der Waals surface area contributed by atoms with Crippen molar-refractivity contribution in [1.29, 1.82) is 0 Å². The van der Waals surface area contributed by atoms with Crippen LogP contribution in [0.3, 0.4) is 0 Å². The van der Waals surface area contributed by atoms with E-state index in [1.807, 2.05) is 24.0 Å². The Morgan fingerprint density at radius 1 is 1.12 bits per heavy atom. The van der Waals surface area contributed by atoms with Crippen molar-refractivity contribution >= 4 is 11.8 Å². The van der Waals surface area contributed by atoms with Crippen molar-refractivity contribution in [2.24, 2.45) is 5.92 Å². The standard InChI is InChI=1S/C19H26FN3O2/c1-14(19(25)22-9-7-21(8-10-22)15(2)24)23-12-16(13-23)11-17-5-3-4-6-18(17)20/h3-6,14,16H,7-13H2,1-2H3. The Labute approximate surface area is 148 Å². The van der Waals surface area contributed by atoms with Crippen molar-refractivity contribution in [3.63, 3.8) is 0 Å². The maximum atomic E-state index is 13.7. The zero-order valence-electron chi connectivity index (χ0n) is 14.9. The summed E-state index contributed by atoms with van der Waals surface area (Å²) in [4.78, 5) is 29.8. The zero-order valence-corrected chi connectivity index (χ0v) is 14.9. The van der Waals surface area contributed by atoms with E-state index in [1.165, 1.54) is 6.07 Å². The van der Waals surface area contributed by atoms with Gasteiger partial charge in [-0.3, -0.25) is 14.5 Å². The predicted octanol–water partition coefficient (Wildman–Crippen LogP) is 1.38. The highest BCUT2D eigenvalue weighted by Crippen LogP contribution is 2.24. The quantitative estimate of drug-likeness (QED) is 0.827. The highest BCUT2D eigenvalue weighted by Gasteiger charge is 2.36. The van der Waals surface area contributed by atoms with Gasteiger partial charge in [0, 0.05) is 46.2 Å². The molecule has 0 bridgehead atoms. The number of hydrogen-bond donors (Lipinski definition) is 0. The van der Waals surface area contributed by atoms with E-state index in [0.717, 1.165) is 25.1 Å². The molecule has 3 rings (SSSR count). The van der Waals surface area contributed by atoms with Crippen LogP contribution in [0.5, 0.6) is 0 Å². The van der Waals surface area contributed by atoms with Gasteiger partial charge < -0.3 is 9.80 Å². The van der Waals surface area contributed by atoms with E-state index in [-0.39, 0.29) is 23.7 Å². The van der Waals surface area contributed by atoms with E-state index in [0.29, 0.717) is 32.1 Å². The van der Waals surface area contributed by atoms with Crippen LogP contribution in [0.15, 0.2) is 24.3 Å². The lowest BCUT2D eigenvalue weighted by atomic mass is 9.90. The third-order valence-corrected chi connectivity index (χ3v) is 5.39. The minimum atomic E-state index is -0.152. The fourth-order valence-electron chi connectivity index (χ4n) is 3.69. The molecular weight excluding hydrogens is 321 g/mol. The molecule has 2 aliphatic rings. The second-order valence-electron chi connectivity index (χ2n) is 7.12. The van der Waals surface area contributed by atoms with Gasteiger partial charge in [-0.2, -0.15) is 0 Å². The molecule has 1 unspecified atom stereocenters. The van der Waals surface area contributed by atoms with Crippen LogP contribution in [0.4, 0.5) is 4.39 Å². The topological polar surface area (TPSA) is 43.9 Å². The number of nitrogens with zero attached hydrogens (tertiary/aromatic N) is 3. The summed E-state index contributed by atoms with van der Waals surface area (Å²) in [6.07, 6.45) is 0.724. The molecule has 2 amide bonds. The summed E-state index contributed by atoms with van der Waals surface area (Å²) in [5.41, 5.74) is 0.756. The molecule has 2 fully saturated rings. The first kappa shape index (κ1) is 17.9. The number of amides is 2. The number of piperazine rings is 1. The number of carbonyl (C=O) groups is 2. The van der Waals surface area contributed by atoms with E-state index in [4.69, 9.17) is 0 Å². The normalized spacial score (nSPS) is 20.3. The van der Waals surface area contributed by atoms with Gasteiger partial charge >= 0.3 is 0 Å². The maximum Gasteiger partial charge on any atom is 0.239 e. The highest BCUT2D eigenvalue weighted by atomic mass is 19.1. The van der Waals surface area contributed by atoms with Crippen LogP contribution in [0.2, 0.25) is 0 Å². The first-order chi connectivity index (χ1) is 12.0. The second kappa shape index (κ2) is 7.52. The van der Waals surface area contributed by atoms with Crippen molar-refractivity contribution in [3.05, 3.63) is 35.6 Å². The van der Waals surface area contributed by atoms with Crippen molar-refractivity contribution < 1.29 is 14.0 Å². The van der Waals surface area contributed by atoms with Crippen LogP contribution >= 0.6 is 0 Å². The smallest absolute Gasteiger partial charge is 0.239 e. The molecule has 0 aromatic heterocycles. The van der Waals surface area contributed by atoms with Crippen molar-refractivity contribution in [3.8, 4) is 0 Å². The number of carbonyl (C=O) groups excluding carboxylic acids is 2. The predicted molar refractivity (Wildman–Crippen MR) is 93.5 cm³/mol. The minimum Gasteiger partial charge on any atom is -0.339 e. The molecule has 0 N–H and O–H groups in total. The van der Waals surface area contributed by atoms with Crippen LogP contribution in [0, 0.1) is 11.7 Å². The Bertz CT molecular complexity index is 637. The average Bonchev–Trinajstić information content (AvgIpc) is 2.58. The van der Waals surface area contributed by atoms with Gasteiger partial charge in [0.2, 0.25) is 11.8 Å². The van der Waals surface area contributed by atoms with E-state index in [9.17, 15) is 14.0 Å². The van der Waals surface area contributed by atoms with Crippen molar-refractivity contribution in [1.82, 2.24) is 14.7 Å². The van der Waals surface area contributed by atoms with Crippen molar-refractivity contribution in [2.45, 2.75) is 26.3 Å². The molecule has 5 nitrogen and oxygen atoms in total. The summed E-state index contributed by atoms with van der Waals surface area (Å²) < 4.78 is 13.7. The molecular formula is C19H26FN3O2. The molecule has 0 spiro atoms. The van der Waals surface area contributed by atoms with E-state index < -0.39 is 0 Å². The largest absolute Gasteiger partial charge is 0.339 e. The molecule has 1 aromatic carbocycles. The molecule has 136 valence electrons. The lowest BCUT2D eigenvalue weighted by Gasteiger charge is -2.45. The number of halogens is 1. The van der Waals surface area contributed by atoms with Crippen LogP contribution in [0.1, 0.15) is 19.4 Å². The van der Waals surface area contributed by atoms with Gasteiger partial charge in [0.1, 0.15) is 5.82 Å². The third-order valence-electron chi connectivity index (χ3n) is 5.39. The molecule has 1 aromatic rings. The van der Waals surface area contributed by atoms with Crippen LogP contribution in [-0.2, 0) is 16.0 Å². The Hall–Kier alpha value is -1.95. The van der Waals surface area contributed by atoms with E-state index in [2.05, 4.69) is 4.90 Å². The molecule has 0 saturated carbocycles. The SMILES string of the molecule is CC(=O)N1CCN(C(=O)C(C)N2CC(Cc3ccccc3F)C2)CC1. The Balaban J connectivity index is 1.45. The number of hydrogen-bond acceptors (Lipinski definition) is 3. The van der Waals surface area contributed by atoms with E-state index in [1.54, 1.807) is 17.9 Å². The number of benzene rings is 1. The monoisotopic (exact) mass is 347 g/mol. The molecule has 2 saturated heterocycles. The molecule has 2 heterocycles. The Morgan fingerprint density at radius 2 is 1.72 bits per heavy atom. The summed E-state index contributed by atoms with van der Waals surface area (Å²) in [6, 6.07) is 6.75. The summed E-state index contributed by atoms with van der Waals surface area (Å²) in [5.74, 6) is 0.460. The fraction of sp³-hybridized carbons (Fsp3) is 0.579. The van der Waals surface area contributed by atoms with Crippen LogP contribution in [-0.4, -0.2) is 71.8 Å². The summed E-state index contributed by atoms with van der Waals surface area (Å²) in [7, 11) is 0. The van der Waals surface area contributed by atoms with Crippen LogP contribution < -0.4 is 0 Å². The van der Waals surface area contributed by atoms with Gasteiger partial charge in [0.15, 0.2) is 0 Å². The lowest BCUT2D eigenvalue weighted by molar-refractivity contribution is -0.144. The van der Waals surface area contributed by atoms with Gasteiger partial charge in [-0.25, -0.2) is 4.39 Å². The average molecular weight is 347 g/mol. The van der Waals surface area contributed by atoms with Gasteiger partial charge in [-0.15, -0.1) is 0 Å². The molecule has 0 aliphatic carbocycles.